The van der Waals surface area contributed by atoms with Gasteiger partial charge in [-0.05, 0) is 66.6 Å². The van der Waals surface area contributed by atoms with Gasteiger partial charge in [0.25, 0.3) is 11.8 Å². The van der Waals surface area contributed by atoms with Crippen LogP contribution < -0.4 is 16.6 Å². The van der Waals surface area contributed by atoms with Gasteiger partial charge >= 0.3 is 6.18 Å². The smallest absolute Gasteiger partial charge is 0.370 e. The molecule has 0 saturated carbocycles. The van der Waals surface area contributed by atoms with Crippen molar-refractivity contribution in [2.45, 2.75) is 29.8 Å². The summed E-state index contributed by atoms with van der Waals surface area (Å²) < 4.78 is 41.3. The fraction of sp³-hybridized carbons (Fsp3) is 0.286. The number of guanidine groups is 1. The number of aliphatic imine (C=N–C) groups is 1. The summed E-state index contributed by atoms with van der Waals surface area (Å²) in [4.78, 5) is 30.2. The van der Waals surface area contributed by atoms with E-state index >= 15 is 0 Å². The molecule has 0 spiro atoms. The Hall–Kier alpha value is -2.76. The van der Waals surface area contributed by atoms with Crippen LogP contribution in [0.15, 0.2) is 46.3 Å². The van der Waals surface area contributed by atoms with Crippen LogP contribution >= 0.6 is 23.5 Å². The summed E-state index contributed by atoms with van der Waals surface area (Å²) in [5.41, 5.74) is 9.59. The lowest BCUT2D eigenvalue weighted by Crippen LogP contribution is -2.38. The molecule has 1 heterocycles. The standard InChI is InChI=1S/C21H21ClF3N5O2S/c22-16-4-2-13(10-17(16)33-28)19(32)30-7-5-11(6-8-30)14-3-1-12(18(31)29-20(26)27)9-15(14)21(23,24)25/h1-4,9-11H,5-8,28H2,(H4,26,27,29,31). The van der Waals surface area contributed by atoms with Gasteiger partial charge in [0, 0.05) is 29.1 Å². The van der Waals surface area contributed by atoms with Crippen LogP contribution in [0, 0.1) is 0 Å². The van der Waals surface area contributed by atoms with Gasteiger partial charge in [-0.1, -0.05) is 17.7 Å². The monoisotopic (exact) mass is 499 g/mol. The van der Waals surface area contributed by atoms with Gasteiger partial charge < -0.3 is 16.4 Å². The molecular formula is C21H21ClF3N5O2S. The normalized spacial score (nSPS) is 14.8. The molecule has 0 radical (unpaired) electrons. The number of hydrogen-bond donors (Lipinski definition) is 3. The molecule has 1 fully saturated rings. The number of halogens is 4. The van der Waals surface area contributed by atoms with Crippen LogP contribution in [0.5, 0.6) is 0 Å². The average molecular weight is 500 g/mol. The van der Waals surface area contributed by atoms with Crippen LogP contribution in [0.4, 0.5) is 13.2 Å². The van der Waals surface area contributed by atoms with Gasteiger partial charge in [-0.3, -0.25) is 14.7 Å². The fourth-order valence-electron chi connectivity index (χ4n) is 3.78. The molecule has 2 amide bonds. The lowest BCUT2D eigenvalue weighted by molar-refractivity contribution is -0.138. The largest absolute Gasteiger partial charge is 0.416 e. The van der Waals surface area contributed by atoms with Crippen molar-refractivity contribution in [3.63, 3.8) is 0 Å². The molecule has 0 aromatic heterocycles. The zero-order valence-electron chi connectivity index (χ0n) is 17.2. The Kier molecular flexibility index (Phi) is 7.55. The predicted molar refractivity (Wildman–Crippen MR) is 121 cm³/mol. The van der Waals surface area contributed by atoms with E-state index in [0.29, 0.717) is 28.3 Å². The first-order valence-electron chi connectivity index (χ1n) is 9.82. The Morgan fingerprint density at radius 2 is 1.70 bits per heavy atom. The Morgan fingerprint density at radius 1 is 1.06 bits per heavy atom. The molecule has 0 unspecified atom stereocenters. The second-order valence-electron chi connectivity index (χ2n) is 7.47. The average Bonchev–Trinajstić information content (AvgIpc) is 2.77. The van der Waals surface area contributed by atoms with Gasteiger partial charge in [0.1, 0.15) is 0 Å². The van der Waals surface area contributed by atoms with Gasteiger partial charge in [-0.25, -0.2) is 0 Å². The molecule has 2 aromatic rings. The second-order valence-corrected chi connectivity index (χ2v) is 8.55. The van der Waals surface area contributed by atoms with E-state index in [9.17, 15) is 22.8 Å². The maximum absolute atomic E-state index is 13.8. The molecule has 0 atom stereocenters. The minimum Gasteiger partial charge on any atom is -0.370 e. The Morgan fingerprint density at radius 3 is 2.27 bits per heavy atom. The van der Waals surface area contributed by atoms with E-state index in [-0.39, 0.29) is 30.1 Å². The lowest BCUT2D eigenvalue weighted by atomic mass is 9.85. The highest BCUT2D eigenvalue weighted by Gasteiger charge is 2.37. The van der Waals surface area contributed by atoms with E-state index in [4.69, 9.17) is 28.2 Å². The first kappa shape index (κ1) is 24.9. The van der Waals surface area contributed by atoms with Crippen molar-refractivity contribution in [1.82, 2.24) is 4.90 Å². The van der Waals surface area contributed by atoms with Crippen LogP contribution in [0.3, 0.4) is 0 Å². The third kappa shape index (κ3) is 5.79. The summed E-state index contributed by atoms with van der Waals surface area (Å²) in [5, 5.41) is 5.99. The summed E-state index contributed by atoms with van der Waals surface area (Å²) in [6.07, 6.45) is -4.00. The van der Waals surface area contributed by atoms with Gasteiger partial charge in [0.15, 0.2) is 5.96 Å². The van der Waals surface area contributed by atoms with Crippen molar-refractivity contribution in [3.8, 4) is 0 Å². The maximum Gasteiger partial charge on any atom is 0.416 e. The Balaban J connectivity index is 1.79. The number of likely N-dealkylation sites (tertiary alicyclic amines) is 1. The van der Waals surface area contributed by atoms with Gasteiger partial charge in [0.2, 0.25) is 0 Å². The highest BCUT2D eigenvalue weighted by Crippen LogP contribution is 2.39. The number of benzene rings is 2. The molecule has 1 aliphatic rings. The summed E-state index contributed by atoms with van der Waals surface area (Å²) in [6.45, 7) is 0.562. The highest BCUT2D eigenvalue weighted by molar-refractivity contribution is 7.97. The number of rotatable bonds is 4. The number of piperidine rings is 1. The van der Waals surface area contributed by atoms with E-state index in [1.54, 1.807) is 23.1 Å². The topological polar surface area (TPSA) is 128 Å². The molecule has 0 bridgehead atoms. The molecule has 12 heteroatoms. The van der Waals surface area contributed by atoms with E-state index in [2.05, 4.69) is 4.99 Å². The van der Waals surface area contributed by atoms with Crippen molar-refractivity contribution in [3.05, 3.63) is 63.7 Å². The number of nitrogens with zero attached hydrogens (tertiary/aromatic N) is 2. The molecule has 6 N–H and O–H groups in total. The van der Waals surface area contributed by atoms with Crippen LogP contribution in [0.2, 0.25) is 5.02 Å². The minimum atomic E-state index is -4.67. The first-order valence-corrected chi connectivity index (χ1v) is 11.1. The summed E-state index contributed by atoms with van der Waals surface area (Å²) in [5.74, 6) is -2.16. The van der Waals surface area contributed by atoms with E-state index in [1.165, 1.54) is 12.1 Å². The van der Waals surface area contributed by atoms with Crippen LogP contribution in [-0.4, -0.2) is 35.8 Å². The number of amides is 2. The van der Waals surface area contributed by atoms with E-state index < -0.39 is 29.5 Å². The molecule has 2 aromatic carbocycles. The number of nitrogens with two attached hydrogens (primary N) is 3. The van der Waals surface area contributed by atoms with Crippen molar-refractivity contribution < 1.29 is 22.8 Å². The van der Waals surface area contributed by atoms with Crippen LogP contribution in [0.25, 0.3) is 0 Å². The third-order valence-electron chi connectivity index (χ3n) is 5.36. The maximum atomic E-state index is 13.8. The Labute approximate surface area is 197 Å². The SMILES string of the molecule is NSc1cc(C(=O)N2CCC(c3ccc(C(=O)N=C(N)N)cc3C(F)(F)F)CC2)ccc1Cl. The summed E-state index contributed by atoms with van der Waals surface area (Å²) in [7, 11) is 0. The highest BCUT2D eigenvalue weighted by atomic mass is 35.5. The summed E-state index contributed by atoms with van der Waals surface area (Å²) in [6, 6.07) is 8.08. The van der Waals surface area contributed by atoms with Crippen molar-refractivity contribution in [2.75, 3.05) is 13.1 Å². The molecule has 33 heavy (non-hydrogen) atoms. The van der Waals surface area contributed by atoms with Crippen LogP contribution in [-0.2, 0) is 6.18 Å². The quantitative estimate of drug-likeness (QED) is 0.334. The second kappa shape index (κ2) is 10.0. The van der Waals surface area contributed by atoms with Crippen molar-refractivity contribution in [2.24, 2.45) is 21.6 Å². The van der Waals surface area contributed by atoms with E-state index in [0.717, 1.165) is 18.0 Å². The van der Waals surface area contributed by atoms with Crippen LogP contribution in [0.1, 0.15) is 50.6 Å². The molecule has 3 rings (SSSR count). The number of carbonyl (C=O) groups excluding carboxylic acids is 2. The van der Waals surface area contributed by atoms with Crippen molar-refractivity contribution >= 4 is 41.3 Å². The minimum absolute atomic E-state index is 0.0733. The Bertz CT molecular complexity index is 1100. The fourth-order valence-corrected chi connectivity index (χ4v) is 4.40. The molecule has 1 saturated heterocycles. The molecule has 1 aliphatic heterocycles. The molecule has 0 aliphatic carbocycles. The number of carbonyl (C=O) groups is 2. The lowest BCUT2D eigenvalue weighted by Gasteiger charge is -2.33. The number of hydrogen-bond acceptors (Lipinski definition) is 4. The third-order valence-corrected chi connectivity index (χ3v) is 6.40. The summed E-state index contributed by atoms with van der Waals surface area (Å²) >= 11 is 6.95. The molecular weight excluding hydrogens is 479 g/mol. The zero-order chi connectivity index (χ0) is 24.3. The van der Waals surface area contributed by atoms with Gasteiger partial charge in [-0.15, -0.1) is 0 Å². The van der Waals surface area contributed by atoms with Crippen molar-refractivity contribution in [1.29, 1.82) is 0 Å². The number of alkyl halides is 3. The van der Waals surface area contributed by atoms with Gasteiger partial charge in [-0.2, -0.15) is 18.2 Å². The molecule has 176 valence electrons. The molecule has 7 nitrogen and oxygen atoms in total. The predicted octanol–water partition coefficient (Wildman–Crippen LogP) is 3.76. The van der Waals surface area contributed by atoms with E-state index in [1.807, 2.05) is 0 Å². The first-order chi connectivity index (χ1) is 15.5. The van der Waals surface area contributed by atoms with Gasteiger partial charge in [0.05, 0.1) is 10.6 Å². The zero-order valence-corrected chi connectivity index (χ0v) is 18.8.